The van der Waals surface area contributed by atoms with Crippen molar-refractivity contribution < 1.29 is 17.9 Å². The van der Waals surface area contributed by atoms with Crippen LogP contribution in [0.2, 0.25) is 0 Å². The molecule has 0 amide bonds. The first kappa shape index (κ1) is 21.3. The van der Waals surface area contributed by atoms with Crippen molar-refractivity contribution in [1.29, 1.82) is 0 Å². The van der Waals surface area contributed by atoms with Gasteiger partial charge in [0.1, 0.15) is 23.8 Å². The summed E-state index contributed by atoms with van der Waals surface area (Å²) in [6.07, 6.45) is -2.98. The Bertz CT molecular complexity index is 896. The van der Waals surface area contributed by atoms with Crippen molar-refractivity contribution in [3.63, 3.8) is 0 Å². The zero-order valence-electron chi connectivity index (χ0n) is 17.5. The molecule has 0 N–H and O–H groups in total. The summed E-state index contributed by atoms with van der Waals surface area (Å²) in [7, 11) is 3.32. The van der Waals surface area contributed by atoms with E-state index in [-0.39, 0.29) is 11.8 Å². The van der Waals surface area contributed by atoms with Crippen LogP contribution in [0, 0.1) is 0 Å². The average molecular weight is 438 g/mol. The molecule has 9 nitrogen and oxygen atoms in total. The fourth-order valence-corrected chi connectivity index (χ4v) is 3.55. The van der Waals surface area contributed by atoms with Crippen molar-refractivity contribution in [3.05, 3.63) is 24.2 Å². The van der Waals surface area contributed by atoms with Crippen molar-refractivity contribution in [2.45, 2.75) is 6.18 Å². The predicted molar refractivity (Wildman–Crippen MR) is 111 cm³/mol. The summed E-state index contributed by atoms with van der Waals surface area (Å²) in [5.74, 6) is 1.98. The maximum atomic E-state index is 13.3. The van der Waals surface area contributed by atoms with Gasteiger partial charge < -0.3 is 24.3 Å². The molecule has 0 aromatic carbocycles. The van der Waals surface area contributed by atoms with Crippen LogP contribution in [0.1, 0.15) is 5.69 Å². The Morgan fingerprint density at radius 3 is 2.00 bits per heavy atom. The molecule has 0 bridgehead atoms. The molecule has 31 heavy (non-hydrogen) atoms. The first-order valence-corrected chi connectivity index (χ1v) is 10.1. The minimum absolute atomic E-state index is 0.0925. The summed E-state index contributed by atoms with van der Waals surface area (Å²) in [5.41, 5.74) is -0.936. The van der Waals surface area contributed by atoms with E-state index in [9.17, 15) is 13.2 Å². The van der Waals surface area contributed by atoms with E-state index < -0.39 is 11.9 Å². The molecule has 0 spiro atoms. The largest absolute Gasteiger partial charge is 0.433 e. The van der Waals surface area contributed by atoms with E-state index in [1.54, 1.807) is 30.2 Å². The van der Waals surface area contributed by atoms with Crippen LogP contribution in [0.4, 0.5) is 36.6 Å². The second-order valence-electron chi connectivity index (χ2n) is 7.61. The zero-order chi connectivity index (χ0) is 22.0. The van der Waals surface area contributed by atoms with E-state index >= 15 is 0 Å². The van der Waals surface area contributed by atoms with Gasteiger partial charge in [-0.1, -0.05) is 0 Å². The number of morpholine rings is 1. The van der Waals surface area contributed by atoms with Gasteiger partial charge in [0.15, 0.2) is 5.69 Å². The Balaban J connectivity index is 1.47. The van der Waals surface area contributed by atoms with Gasteiger partial charge in [-0.2, -0.15) is 18.2 Å². The molecule has 0 saturated carbocycles. The summed E-state index contributed by atoms with van der Waals surface area (Å²) in [4.78, 5) is 24.5. The third kappa shape index (κ3) is 4.89. The third-order valence-corrected chi connectivity index (χ3v) is 5.31. The number of halogens is 3. The molecule has 0 unspecified atom stereocenters. The number of hydrogen-bond acceptors (Lipinski definition) is 9. The molecule has 2 fully saturated rings. The van der Waals surface area contributed by atoms with Crippen molar-refractivity contribution >= 4 is 23.4 Å². The van der Waals surface area contributed by atoms with Crippen LogP contribution in [0.25, 0.3) is 0 Å². The van der Waals surface area contributed by atoms with Crippen molar-refractivity contribution in [2.24, 2.45) is 0 Å². The molecule has 2 saturated heterocycles. The van der Waals surface area contributed by atoms with Crippen LogP contribution in [-0.4, -0.2) is 86.5 Å². The molecule has 0 radical (unpaired) electrons. The number of hydrogen-bond donors (Lipinski definition) is 0. The number of ether oxygens (including phenoxy) is 1. The molecule has 4 heterocycles. The van der Waals surface area contributed by atoms with E-state index in [1.165, 1.54) is 0 Å². The van der Waals surface area contributed by atoms with E-state index in [2.05, 4.69) is 29.7 Å². The van der Waals surface area contributed by atoms with Gasteiger partial charge in [-0.25, -0.2) is 15.0 Å². The van der Waals surface area contributed by atoms with Crippen LogP contribution in [0.5, 0.6) is 0 Å². The highest BCUT2D eigenvalue weighted by molar-refractivity contribution is 5.52. The van der Waals surface area contributed by atoms with E-state index in [4.69, 9.17) is 4.74 Å². The van der Waals surface area contributed by atoms with E-state index in [0.29, 0.717) is 39.4 Å². The zero-order valence-corrected chi connectivity index (χ0v) is 17.5. The molecule has 2 aromatic rings. The van der Waals surface area contributed by atoms with Crippen LogP contribution < -0.4 is 19.6 Å². The Labute approximate surface area is 178 Å². The molecular weight excluding hydrogens is 413 g/mol. The highest BCUT2D eigenvalue weighted by atomic mass is 19.4. The first-order chi connectivity index (χ1) is 14.8. The van der Waals surface area contributed by atoms with Crippen LogP contribution in [0.15, 0.2) is 18.5 Å². The van der Waals surface area contributed by atoms with Crippen LogP contribution >= 0.6 is 0 Å². The third-order valence-electron chi connectivity index (χ3n) is 5.31. The molecule has 0 aliphatic carbocycles. The number of aromatic nitrogens is 4. The van der Waals surface area contributed by atoms with Gasteiger partial charge in [-0.05, 0) is 0 Å². The molecule has 0 atom stereocenters. The van der Waals surface area contributed by atoms with E-state index in [0.717, 1.165) is 30.8 Å². The minimum Gasteiger partial charge on any atom is -0.378 e. The van der Waals surface area contributed by atoms with Gasteiger partial charge in [0.25, 0.3) is 0 Å². The van der Waals surface area contributed by atoms with Crippen molar-refractivity contribution in [1.82, 2.24) is 19.9 Å². The summed E-state index contributed by atoms with van der Waals surface area (Å²) >= 11 is 0. The molecule has 12 heteroatoms. The van der Waals surface area contributed by atoms with Gasteiger partial charge in [0.2, 0.25) is 5.95 Å². The lowest BCUT2D eigenvalue weighted by Gasteiger charge is -2.36. The van der Waals surface area contributed by atoms with Crippen molar-refractivity contribution in [2.75, 3.05) is 86.2 Å². The first-order valence-electron chi connectivity index (χ1n) is 10.1. The topological polar surface area (TPSA) is 73.8 Å². The molecule has 4 rings (SSSR count). The minimum atomic E-state index is -4.53. The summed E-state index contributed by atoms with van der Waals surface area (Å²) in [6, 6.07) is 2.92. The quantitative estimate of drug-likeness (QED) is 0.706. The Morgan fingerprint density at radius 2 is 1.42 bits per heavy atom. The predicted octanol–water partition coefficient (Wildman–Crippen LogP) is 1.51. The van der Waals surface area contributed by atoms with Gasteiger partial charge in [0, 0.05) is 65.5 Å². The average Bonchev–Trinajstić information content (AvgIpc) is 2.79. The standard InChI is InChI=1S/C19H25F3N8O/c1-27(2)17-11-14(19(20,21)22)25-18(26-17)30-5-3-28(4-6-30)15-12-16(24-13-23-15)29-7-9-31-10-8-29/h11-13H,3-10H2,1-2H3. The smallest absolute Gasteiger partial charge is 0.378 e. The molecular formula is C19H25F3N8O. The van der Waals surface area contributed by atoms with Crippen molar-refractivity contribution in [3.8, 4) is 0 Å². The number of alkyl halides is 3. The van der Waals surface area contributed by atoms with Gasteiger partial charge in [0.05, 0.1) is 13.2 Å². The fourth-order valence-electron chi connectivity index (χ4n) is 3.55. The maximum absolute atomic E-state index is 13.3. The Morgan fingerprint density at radius 1 is 0.839 bits per heavy atom. The highest BCUT2D eigenvalue weighted by Crippen LogP contribution is 2.31. The number of anilines is 4. The molecule has 2 aliphatic heterocycles. The summed E-state index contributed by atoms with van der Waals surface area (Å²) in [6.45, 7) is 5.08. The van der Waals surface area contributed by atoms with Gasteiger partial charge >= 0.3 is 6.18 Å². The Kier molecular flexibility index (Phi) is 5.99. The normalized spacial score (nSPS) is 17.8. The lowest BCUT2D eigenvalue weighted by molar-refractivity contribution is -0.141. The second kappa shape index (κ2) is 8.69. The van der Waals surface area contributed by atoms with Gasteiger partial charge in [-0.15, -0.1) is 0 Å². The lowest BCUT2D eigenvalue weighted by Crippen LogP contribution is -2.47. The maximum Gasteiger partial charge on any atom is 0.433 e. The monoisotopic (exact) mass is 438 g/mol. The highest BCUT2D eigenvalue weighted by Gasteiger charge is 2.35. The number of nitrogens with zero attached hydrogens (tertiary/aromatic N) is 8. The lowest BCUT2D eigenvalue weighted by atomic mass is 10.3. The Hall–Kier alpha value is -2.89. The molecule has 2 aromatic heterocycles. The molecule has 168 valence electrons. The fraction of sp³-hybridized carbons (Fsp3) is 0.579. The SMILES string of the molecule is CN(C)c1cc(C(F)(F)F)nc(N2CCN(c3cc(N4CCOCC4)ncn3)CC2)n1. The number of piperazine rings is 1. The van der Waals surface area contributed by atoms with Gasteiger partial charge in [-0.3, -0.25) is 0 Å². The summed E-state index contributed by atoms with van der Waals surface area (Å²) < 4.78 is 45.3. The van der Waals surface area contributed by atoms with E-state index in [1.807, 2.05) is 6.07 Å². The molecule has 2 aliphatic rings. The summed E-state index contributed by atoms with van der Waals surface area (Å²) in [5, 5.41) is 0. The van der Waals surface area contributed by atoms with Crippen LogP contribution in [0.3, 0.4) is 0 Å². The van der Waals surface area contributed by atoms with Crippen LogP contribution in [-0.2, 0) is 10.9 Å². The number of rotatable bonds is 4. The second-order valence-corrected chi connectivity index (χ2v) is 7.61.